The summed E-state index contributed by atoms with van der Waals surface area (Å²) in [7, 11) is 0. The molecule has 2 atom stereocenters. The van der Waals surface area contributed by atoms with Crippen LogP contribution in [-0.4, -0.2) is 17.7 Å². The van der Waals surface area contributed by atoms with Crippen LogP contribution in [0.2, 0.25) is 0 Å². The summed E-state index contributed by atoms with van der Waals surface area (Å²) in [6, 6.07) is 0.159. The lowest BCUT2D eigenvalue weighted by Gasteiger charge is -2.29. The van der Waals surface area contributed by atoms with Crippen molar-refractivity contribution in [2.75, 3.05) is 0 Å². The predicted molar refractivity (Wildman–Crippen MR) is 59.4 cm³/mol. The van der Waals surface area contributed by atoms with E-state index >= 15 is 0 Å². The number of nitrogens with one attached hydrogen (secondary N) is 1. The zero-order valence-electron chi connectivity index (χ0n) is 9.88. The molecule has 1 rings (SSSR count). The first-order valence-electron chi connectivity index (χ1n) is 5.83. The molecular formula is C12H21NO2. The van der Waals surface area contributed by atoms with Crippen LogP contribution in [0.25, 0.3) is 0 Å². The van der Waals surface area contributed by atoms with Gasteiger partial charge in [-0.25, -0.2) is 0 Å². The molecule has 1 N–H and O–H groups in total. The summed E-state index contributed by atoms with van der Waals surface area (Å²) in [4.78, 5) is 23.3. The summed E-state index contributed by atoms with van der Waals surface area (Å²) in [6.45, 7) is 5.50. The molecule has 1 aliphatic carbocycles. The van der Waals surface area contributed by atoms with Crippen LogP contribution in [0.15, 0.2) is 0 Å². The summed E-state index contributed by atoms with van der Waals surface area (Å²) in [6.07, 6.45) is 3.89. The van der Waals surface area contributed by atoms with E-state index in [9.17, 15) is 9.59 Å². The predicted octanol–water partition coefficient (Wildman–Crippen LogP) is 1.91. The number of Topliss-reactive ketones (excluding diaryl/α,β-unsaturated/α-hetero) is 1. The van der Waals surface area contributed by atoms with Crippen LogP contribution < -0.4 is 5.32 Å². The lowest BCUT2D eigenvalue weighted by molar-refractivity contribution is -0.134. The van der Waals surface area contributed by atoms with E-state index in [1.165, 1.54) is 0 Å². The Balaban J connectivity index is 2.63. The molecule has 3 nitrogen and oxygen atoms in total. The Morgan fingerprint density at radius 1 is 1.13 bits per heavy atom. The lowest BCUT2D eigenvalue weighted by atomic mass is 9.76. The van der Waals surface area contributed by atoms with E-state index in [0.29, 0.717) is 0 Å². The highest BCUT2D eigenvalue weighted by Gasteiger charge is 2.33. The Kier molecular flexibility index (Phi) is 4.30. The van der Waals surface area contributed by atoms with Crippen molar-refractivity contribution in [3.05, 3.63) is 0 Å². The van der Waals surface area contributed by atoms with Gasteiger partial charge in [-0.2, -0.15) is 0 Å². The van der Waals surface area contributed by atoms with E-state index in [4.69, 9.17) is 0 Å². The van der Waals surface area contributed by atoms with Crippen LogP contribution in [0.3, 0.4) is 0 Å². The first-order valence-corrected chi connectivity index (χ1v) is 5.83. The topological polar surface area (TPSA) is 46.2 Å². The second-order valence-electron chi connectivity index (χ2n) is 4.77. The third kappa shape index (κ3) is 3.33. The summed E-state index contributed by atoms with van der Waals surface area (Å²) in [5.41, 5.74) is 0. The fourth-order valence-electron chi connectivity index (χ4n) is 2.32. The highest BCUT2D eigenvalue weighted by molar-refractivity contribution is 5.87. The molecule has 0 aromatic heterocycles. The lowest BCUT2D eigenvalue weighted by Crippen LogP contribution is -2.41. The molecule has 3 heteroatoms. The number of amides is 1. The van der Waals surface area contributed by atoms with E-state index in [-0.39, 0.29) is 29.6 Å². The fourth-order valence-corrected chi connectivity index (χ4v) is 2.32. The average molecular weight is 211 g/mol. The maximum absolute atomic E-state index is 11.9. The monoisotopic (exact) mass is 211 g/mol. The van der Waals surface area contributed by atoms with Crippen LogP contribution in [-0.2, 0) is 9.59 Å². The van der Waals surface area contributed by atoms with Gasteiger partial charge in [-0.05, 0) is 33.6 Å². The molecule has 0 aromatic rings. The highest BCUT2D eigenvalue weighted by atomic mass is 16.2. The highest BCUT2D eigenvalue weighted by Crippen LogP contribution is 2.30. The smallest absolute Gasteiger partial charge is 0.224 e. The molecule has 0 heterocycles. The van der Waals surface area contributed by atoms with Crippen LogP contribution in [0.4, 0.5) is 0 Å². The van der Waals surface area contributed by atoms with Gasteiger partial charge in [0.05, 0.1) is 0 Å². The summed E-state index contributed by atoms with van der Waals surface area (Å²) in [5.74, 6) is 0.0969. The van der Waals surface area contributed by atoms with Crippen molar-refractivity contribution in [3.63, 3.8) is 0 Å². The maximum atomic E-state index is 11.9. The summed E-state index contributed by atoms with van der Waals surface area (Å²) < 4.78 is 0. The SMILES string of the molecule is CC(=O)[C@H]1CCCC[C@@H]1C(=O)NC(C)C. The van der Waals surface area contributed by atoms with E-state index in [2.05, 4.69) is 5.32 Å². The minimum absolute atomic E-state index is 0.0440. The van der Waals surface area contributed by atoms with Gasteiger partial charge < -0.3 is 5.32 Å². The fraction of sp³-hybridized carbons (Fsp3) is 0.833. The number of hydrogen-bond acceptors (Lipinski definition) is 2. The van der Waals surface area contributed by atoms with E-state index in [1.54, 1.807) is 6.92 Å². The molecule has 86 valence electrons. The molecule has 0 aliphatic heterocycles. The Morgan fingerprint density at radius 2 is 1.67 bits per heavy atom. The van der Waals surface area contributed by atoms with E-state index in [1.807, 2.05) is 13.8 Å². The van der Waals surface area contributed by atoms with Crippen molar-refractivity contribution in [2.45, 2.75) is 52.5 Å². The van der Waals surface area contributed by atoms with Gasteiger partial charge in [0.2, 0.25) is 5.91 Å². The number of carbonyl (C=O) groups is 2. The molecule has 1 saturated carbocycles. The minimum Gasteiger partial charge on any atom is -0.354 e. The zero-order valence-corrected chi connectivity index (χ0v) is 9.88. The molecule has 0 radical (unpaired) electrons. The average Bonchev–Trinajstić information content (AvgIpc) is 2.16. The van der Waals surface area contributed by atoms with Crippen LogP contribution in [0, 0.1) is 11.8 Å². The van der Waals surface area contributed by atoms with Crippen LogP contribution >= 0.6 is 0 Å². The van der Waals surface area contributed by atoms with Gasteiger partial charge in [-0.3, -0.25) is 9.59 Å². The molecule has 0 bridgehead atoms. The Morgan fingerprint density at radius 3 is 2.13 bits per heavy atom. The van der Waals surface area contributed by atoms with Gasteiger partial charge in [0, 0.05) is 17.9 Å². The number of hydrogen-bond donors (Lipinski definition) is 1. The number of ketones is 1. The van der Waals surface area contributed by atoms with Gasteiger partial charge in [0.1, 0.15) is 5.78 Å². The quantitative estimate of drug-likeness (QED) is 0.775. The van der Waals surface area contributed by atoms with Crippen molar-refractivity contribution < 1.29 is 9.59 Å². The molecule has 15 heavy (non-hydrogen) atoms. The molecule has 1 amide bonds. The summed E-state index contributed by atoms with van der Waals surface area (Å²) >= 11 is 0. The normalized spacial score (nSPS) is 26.4. The molecular weight excluding hydrogens is 190 g/mol. The Hall–Kier alpha value is -0.860. The van der Waals surface area contributed by atoms with Crippen molar-refractivity contribution >= 4 is 11.7 Å². The number of carbonyl (C=O) groups excluding carboxylic acids is 2. The van der Waals surface area contributed by atoms with Gasteiger partial charge in [0.15, 0.2) is 0 Å². The standard InChI is InChI=1S/C12H21NO2/c1-8(2)13-12(15)11-7-5-4-6-10(11)9(3)14/h8,10-11H,4-7H2,1-3H3,(H,13,15)/t10-,11+/m1/s1. The van der Waals surface area contributed by atoms with Crippen LogP contribution in [0.1, 0.15) is 46.5 Å². The third-order valence-electron chi connectivity index (χ3n) is 3.06. The van der Waals surface area contributed by atoms with Crippen molar-refractivity contribution in [1.29, 1.82) is 0 Å². The second kappa shape index (κ2) is 5.29. The van der Waals surface area contributed by atoms with Crippen molar-refractivity contribution in [1.82, 2.24) is 5.32 Å². The first-order chi connectivity index (χ1) is 7.02. The molecule has 0 saturated heterocycles. The minimum atomic E-state index is -0.0846. The molecule has 1 aliphatic rings. The van der Waals surface area contributed by atoms with Crippen LogP contribution in [0.5, 0.6) is 0 Å². The van der Waals surface area contributed by atoms with Gasteiger partial charge >= 0.3 is 0 Å². The Bertz CT molecular complexity index is 248. The van der Waals surface area contributed by atoms with Crippen molar-refractivity contribution in [2.24, 2.45) is 11.8 Å². The second-order valence-corrected chi connectivity index (χ2v) is 4.77. The van der Waals surface area contributed by atoms with Gasteiger partial charge in [-0.15, -0.1) is 0 Å². The first kappa shape index (κ1) is 12.2. The zero-order chi connectivity index (χ0) is 11.4. The van der Waals surface area contributed by atoms with Gasteiger partial charge in [0.25, 0.3) is 0 Å². The van der Waals surface area contributed by atoms with E-state index < -0.39 is 0 Å². The molecule has 0 spiro atoms. The molecule has 1 fully saturated rings. The molecule has 0 aromatic carbocycles. The largest absolute Gasteiger partial charge is 0.354 e. The van der Waals surface area contributed by atoms with Crippen molar-refractivity contribution in [3.8, 4) is 0 Å². The number of rotatable bonds is 3. The Labute approximate surface area is 91.6 Å². The third-order valence-corrected chi connectivity index (χ3v) is 3.06. The van der Waals surface area contributed by atoms with E-state index in [0.717, 1.165) is 25.7 Å². The maximum Gasteiger partial charge on any atom is 0.224 e. The molecule has 0 unspecified atom stereocenters. The van der Waals surface area contributed by atoms with Gasteiger partial charge in [-0.1, -0.05) is 12.8 Å². The summed E-state index contributed by atoms with van der Waals surface area (Å²) in [5, 5.41) is 2.91.